The molecule has 1 aliphatic rings. The molecule has 20 nitrogen and oxygen atoms in total. The van der Waals surface area contributed by atoms with Crippen LogP contribution in [0, 0.1) is 0 Å². The first-order chi connectivity index (χ1) is 48.9. The van der Waals surface area contributed by atoms with Crippen molar-refractivity contribution in [2.45, 2.75) is 456 Å². The van der Waals surface area contributed by atoms with Crippen molar-refractivity contribution < 1.29 is 86.3 Å². The van der Waals surface area contributed by atoms with Gasteiger partial charge in [-0.3, -0.25) is 28.5 Å². The maximum atomic E-state index is 14.8. The van der Waals surface area contributed by atoms with E-state index in [2.05, 4.69) is 52.2 Å². The fourth-order valence-corrected chi connectivity index (χ4v) is 14.0. The molecule has 1 saturated heterocycles. The van der Waals surface area contributed by atoms with E-state index in [4.69, 9.17) is 32.9 Å². The molecule has 0 aliphatic carbocycles. The van der Waals surface area contributed by atoms with E-state index in [1.54, 1.807) is 0 Å². The van der Waals surface area contributed by atoms with Gasteiger partial charge in [-0.15, -0.1) is 0 Å². The van der Waals surface area contributed by atoms with E-state index in [1.165, 1.54) is 83.5 Å². The first kappa shape index (κ1) is 95.8. The number of carboxylic acid groups (broad SMARTS) is 1. The van der Waals surface area contributed by atoms with Crippen molar-refractivity contribution >= 4 is 43.5 Å². The van der Waals surface area contributed by atoms with Crippen LogP contribution in [-0.2, 0) is 66.3 Å². The molecule has 2 amide bonds. The monoisotopic (exact) mass is 1460 g/mol. The lowest BCUT2D eigenvalue weighted by Gasteiger charge is -2.45. The normalized spacial score (nSPS) is 17.5. The second-order valence-electron chi connectivity index (χ2n) is 29.2. The number of aliphatic hydroxyl groups is 1. The zero-order valence-electron chi connectivity index (χ0n) is 64.9. The highest BCUT2D eigenvalue weighted by atomic mass is 31.2. The van der Waals surface area contributed by atoms with Gasteiger partial charge >= 0.3 is 31.7 Å². The largest absolute Gasteiger partial charge is 0.480 e. The van der Waals surface area contributed by atoms with E-state index >= 15 is 0 Å². The first-order valence-corrected chi connectivity index (χ1v) is 43.1. The van der Waals surface area contributed by atoms with Crippen LogP contribution in [0.1, 0.15) is 401 Å². The lowest BCUT2D eigenvalue weighted by molar-refractivity contribution is -0.272. The summed E-state index contributed by atoms with van der Waals surface area (Å²) < 4.78 is 55.4. The van der Waals surface area contributed by atoms with Crippen LogP contribution in [0.3, 0.4) is 0 Å². The van der Waals surface area contributed by atoms with Crippen LogP contribution in [0.25, 0.3) is 0 Å². The van der Waals surface area contributed by atoms with Crippen molar-refractivity contribution in [2.24, 2.45) is 0 Å². The van der Waals surface area contributed by atoms with Crippen molar-refractivity contribution in [1.82, 2.24) is 10.6 Å². The molecular formula is C80H151N2O18P. The van der Waals surface area contributed by atoms with Crippen LogP contribution in [0.5, 0.6) is 0 Å². The number of carbonyl (C=O) groups is 6. The number of aliphatic carboxylic acids is 1. The Morgan fingerprint density at radius 1 is 0.426 bits per heavy atom. The van der Waals surface area contributed by atoms with E-state index in [1.807, 2.05) is 0 Å². The molecule has 0 aromatic heterocycles. The number of carboxylic acids is 1. The number of hydrogen-bond donors (Lipinski definition) is 6. The summed E-state index contributed by atoms with van der Waals surface area (Å²) in [5.74, 6) is -4.76. The minimum absolute atomic E-state index is 0.147. The summed E-state index contributed by atoms with van der Waals surface area (Å²) in [6, 6.07) is -3.46. The van der Waals surface area contributed by atoms with Gasteiger partial charge in [-0.1, -0.05) is 318 Å². The van der Waals surface area contributed by atoms with E-state index in [0.29, 0.717) is 51.6 Å². The van der Waals surface area contributed by atoms with Crippen molar-refractivity contribution in [3.05, 3.63) is 0 Å². The average molecular weight is 1460 g/mol. The molecule has 21 heteroatoms. The predicted octanol–water partition coefficient (Wildman–Crippen LogP) is 19.3. The summed E-state index contributed by atoms with van der Waals surface area (Å²) in [6.07, 6.45) is 40.9. The van der Waals surface area contributed by atoms with Gasteiger partial charge in [0, 0.05) is 19.4 Å². The van der Waals surface area contributed by atoms with E-state index in [9.17, 15) is 53.3 Å². The lowest BCUT2D eigenvalue weighted by Crippen LogP contribution is -2.66. The van der Waals surface area contributed by atoms with Crippen molar-refractivity contribution in [3.8, 4) is 0 Å². The Labute approximate surface area is 613 Å². The van der Waals surface area contributed by atoms with Gasteiger partial charge < -0.3 is 59.1 Å². The number of phosphoric acid groups is 1. The number of rotatable bonds is 73. The highest BCUT2D eigenvalue weighted by molar-refractivity contribution is 7.46. The van der Waals surface area contributed by atoms with Crippen molar-refractivity contribution in [2.75, 3.05) is 19.8 Å². The Kier molecular flexibility index (Phi) is 62.8. The van der Waals surface area contributed by atoms with Gasteiger partial charge in [0.15, 0.2) is 18.4 Å². The summed E-state index contributed by atoms with van der Waals surface area (Å²) in [7, 11) is -5.52. The van der Waals surface area contributed by atoms with Gasteiger partial charge in [-0.05, 0) is 51.4 Å². The molecule has 6 N–H and O–H groups in total. The third kappa shape index (κ3) is 54.9. The predicted molar refractivity (Wildman–Crippen MR) is 402 cm³/mol. The molecule has 101 heavy (non-hydrogen) atoms. The minimum atomic E-state index is -5.52. The van der Waals surface area contributed by atoms with E-state index in [-0.39, 0.29) is 25.7 Å². The third-order valence-electron chi connectivity index (χ3n) is 19.5. The van der Waals surface area contributed by atoms with Crippen LogP contribution in [0.2, 0.25) is 0 Å². The van der Waals surface area contributed by atoms with Crippen molar-refractivity contribution in [3.63, 3.8) is 0 Å². The molecule has 594 valence electrons. The second kappa shape index (κ2) is 66.2. The molecule has 0 saturated carbocycles. The second-order valence-corrected chi connectivity index (χ2v) is 30.4. The van der Waals surface area contributed by atoms with Gasteiger partial charge in [-0.2, -0.15) is 0 Å². The summed E-state index contributed by atoms with van der Waals surface area (Å²) in [6.45, 7) is 11.7. The molecule has 1 rings (SSSR count). The molecule has 0 bridgehead atoms. The topological polar surface area (TPSA) is 289 Å². The Balaban J connectivity index is 3.80. The van der Waals surface area contributed by atoms with Crippen LogP contribution < -0.4 is 10.6 Å². The number of esters is 3. The number of amides is 2. The maximum absolute atomic E-state index is 14.8. The summed E-state index contributed by atoms with van der Waals surface area (Å²) in [5.41, 5.74) is 0. The van der Waals surface area contributed by atoms with Gasteiger partial charge in [0.2, 0.25) is 11.8 Å². The third-order valence-corrected chi connectivity index (χ3v) is 20.0. The number of aliphatic hydroxyl groups excluding tert-OH is 1. The van der Waals surface area contributed by atoms with Gasteiger partial charge in [0.25, 0.3) is 0 Å². The number of nitrogens with one attached hydrogen (secondary N) is 2. The van der Waals surface area contributed by atoms with Crippen molar-refractivity contribution in [1.29, 1.82) is 0 Å². The average Bonchev–Trinajstić information content (AvgIpc) is 0.781. The van der Waals surface area contributed by atoms with E-state index in [0.717, 1.165) is 199 Å². The summed E-state index contributed by atoms with van der Waals surface area (Å²) in [5, 5.41) is 27.0. The Morgan fingerprint density at radius 2 is 0.772 bits per heavy atom. The number of phosphoric ester groups is 1. The fraction of sp³-hybridized carbons (Fsp3) is 0.925. The standard InChI is InChI=1S/C80H151N2O18P/c1-7-13-19-25-31-34-39-43-49-55-66(94-60-54-48-42-30-24-18-12-6)61-72(85)82-76-78(99-75(88)63-68(57-51-45-41-36-33-27-21-15-9-3)97-74(87)59-53-47-38-29-23-17-11-5)77(100-101(91,92)93)70(64-83)98-80(76)95-65-69(79(89)90)81-71(84)62-67(56-50-44-40-35-32-26-20-14-8-2)96-73(86)58-52-46-37-28-22-16-10-4/h66-70,76-78,80,83H,7-65H2,1-6H3,(H,81,84)(H,82,85)(H,89,90)(H2,91,92,93)/t66?,67?,68?,69?,70-,76-,77-,78-,80-/m1/s1. The van der Waals surface area contributed by atoms with Crippen LogP contribution in [0.15, 0.2) is 0 Å². The van der Waals surface area contributed by atoms with Crippen LogP contribution in [-0.4, -0.2) is 131 Å². The molecule has 4 unspecified atom stereocenters. The molecule has 0 radical (unpaired) electrons. The van der Waals surface area contributed by atoms with Crippen LogP contribution in [0.4, 0.5) is 0 Å². The lowest BCUT2D eigenvalue weighted by atomic mass is 9.95. The Morgan fingerprint density at radius 3 is 1.15 bits per heavy atom. The highest BCUT2D eigenvalue weighted by Crippen LogP contribution is 2.42. The minimum Gasteiger partial charge on any atom is -0.480 e. The zero-order valence-corrected chi connectivity index (χ0v) is 65.8. The molecule has 0 aromatic rings. The summed E-state index contributed by atoms with van der Waals surface area (Å²) in [4.78, 5) is 104. The van der Waals surface area contributed by atoms with Gasteiger partial charge in [0.05, 0.1) is 38.6 Å². The molecule has 1 heterocycles. The first-order valence-electron chi connectivity index (χ1n) is 41.6. The number of unbranched alkanes of at least 4 members (excludes halogenated alkanes) is 42. The maximum Gasteiger partial charge on any atom is 0.470 e. The van der Waals surface area contributed by atoms with E-state index < -0.39 is 118 Å². The molecule has 0 spiro atoms. The molecule has 0 aromatic carbocycles. The molecular weight excluding hydrogens is 1310 g/mol. The van der Waals surface area contributed by atoms with Gasteiger partial charge in [-0.25, -0.2) is 9.36 Å². The Bertz CT molecular complexity index is 2070. The Hall–Kier alpha value is -3.23. The number of hydrogen-bond acceptors (Lipinski definition) is 15. The van der Waals surface area contributed by atoms with Crippen LogP contribution >= 0.6 is 7.82 Å². The highest BCUT2D eigenvalue weighted by Gasteiger charge is 2.52. The fourth-order valence-electron chi connectivity index (χ4n) is 13.4. The molecule has 1 fully saturated rings. The number of ether oxygens (including phenoxy) is 6. The SMILES string of the molecule is CCCCCCCCCCCC(CC(=O)N[C@H]1[C@H](OCC(NC(=O)CC(CCCCCCCCCCC)OC(=O)CCCCCCCCC)C(=O)O)O[C@H](CO)[C@@H](OP(=O)(O)O)[C@@H]1OC(=O)CC(CCCCCCCCCCC)OC(=O)CCCCCCCCC)OCCCCCCCCC. The quantitative estimate of drug-likeness (QED) is 0.0143. The number of carbonyl (C=O) groups excluding carboxylic acids is 5. The van der Waals surface area contributed by atoms with Gasteiger partial charge in [0.1, 0.15) is 30.5 Å². The molecule has 9 atom stereocenters. The molecule has 1 aliphatic heterocycles. The summed E-state index contributed by atoms with van der Waals surface area (Å²) >= 11 is 0. The zero-order chi connectivity index (χ0) is 74.2. The smallest absolute Gasteiger partial charge is 0.470 e.